The number of allylic oxidation sites excluding steroid dienone is 2. The van der Waals surface area contributed by atoms with E-state index in [4.69, 9.17) is 0 Å². The Bertz CT molecular complexity index is 1040. The Labute approximate surface area is 316 Å². The molecule has 0 aliphatic heterocycles. The van der Waals surface area contributed by atoms with Gasteiger partial charge in [0.15, 0.2) is 0 Å². The van der Waals surface area contributed by atoms with Gasteiger partial charge in [0.25, 0.3) is 0 Å². The highest BCUT2D eigenvalue weighted by Crippen LogP contribution is 2.48. The minimum Gasteiger partial charge on any atom is -0.294 e. The van der Waals surface area contributed by atoms with Gasteiger partial charge in [0, 0.05) is 36.3 Å². The van der Waals surface area contributed by atoms with Crippen LogP contribution in [-0.2, 0) is 0 Å². The Morgan fingerprint density at radius 3 is 1.31 bits per heavy atom. The van der Waals surface area contributed by atoms with Crippen LogP contribution in [0.2, 0.25) is 0 Å². The molecule has 0 radical (unpaired) electrons. The minimum absolute atomic E-state index is 0.232. The molecule has 0 amide bonds. The molecule has 3 heteroatoms. The smallest absolute Gasteiger partial charge is 0.0662 e. The standard InChI is InChI=1S/C48H81N3/c1-35-14-24-44(25-15-35)51(45-26-16-36(2)17-27-45)46-28-19-38(20-29-46)18-21-40-32-37(3)48(33-41(40)34-49)39-22-30-47(31-23-39)50(42-10-6-4-7-11-42)43-12-8-5-9-13-43/h18,21,35-48H,4-17,19-20,22-33H2,1-3H3/b21-18+. The molecule has 51 heavy (non-hydrogen) atoms. The van der Waals surface area contributed by atoms with Gasteiger partial charge in [-0.05, 0) is 183 Å². The molecule has 0 N–H and O–H groups in total. The van der Waals surface area contributed by atoms with Crippen molar-refractivity contribution in [2.45, 2.75) is 237 Å². The van der Waals surface area contributed by atoms with E-state index in [2.05, 4.69) is 48.8 Å². The fourth-order valence-corrected chi connectivity index (χ4v) is 13.8. The summed E-state index contributed by atoms with van der Waals surface area (Å²) in [5, 5.41) is 10.5. The minimum atomic E-state index is 0.232. The lowest BCUT2D eigenvalue weighted by atomic mass is 9.62. The maximum Gasteiger partial charge on any atom is 0.0662 e. The summed E-state index contributed by atoms with van der Waals surface area (Å²) in [6, 6.07) is 8.01. The first-order chi connectivity index (χ1) is 25.0. The summed E-state index contributed by atoms with van der Waals surface area (Å²) in [4.78, 5) is 6.29. The maximum absolute atomic E-state index is 10.5. The van der Waals surface area contributed by atoms with Gasteiger partial charge in [0.05, 0.1) is 12.0 Å². The highest BCUT2D eigenvalue weighted by molar-refractivity contribution is 5.07. The average Bonchev–Trinajstić information content (AvgIpc) is 3.17. The van der Waals surface area contributed by atoms with Crippen molar-refractivity contribution in [3.05, 3.63) is 12.2 Å². The van der Waals surface area contributed by atoms with Gasteiger partial charge < -0.3 is 0 Å². The molecule has 0 spiro atoms. The molecular weight excluding hydrogens is 619 g/mol. The van der Waals surface area contributed by atoms with Crippen LogP contribution in [0, 0.1) is 58.7 Å². The van der Waals surface area contributed by atoms with Crippen molar-refractivity contribution >= 4 is 0 Å². The van der Waals surface area contributed by atoms with Crippen molar-refractivity contribution in [2.75, 3.05) is 0 Å². The molecule has 0 aromatic carbocycles. The zero-order valence-electron chi connectivity index (χ0n) is 33.9. The fraction of sp³-hybridized carbons (Fsp3) is 0.938. The molecule has 0 bridgehead atoms. The van der Waals surface area contributed by atoms with Gasteiger partial charge in [-0.15, -0.1) is 0 Å². The molecule has 7 aliphatic rings. The van der Waals surface area contributed by atoms with Crippen molar-refractivity contribution in [1.82, 2.24) is 9.80 Å². The van der Waals surface area contributed by atoms with Gasteiger partial charge in [-0.2, -0.15) is 5.26 Å². The number of hydrogen-bond donors (Lipinski definition) is 0. The zero-order chi connectivity index (χ0) is 35.2. The molecule has 4 atom stereocenters. The Morgan fingerprint density at radius 1 is 0.451 bits per heavy atom. The molecule has 0 aromatic heterocycles. The first kappa shape index (κ1) is 38.4. The second-order valence-electron chi connectivity index (χ2n) is 20.3. The van der Waals surface area contributed by atoms with E-state index in [0.717, 1.165) is 71.8 Å². The lowest BCUT2D eigenvalue weighted by Gasteiger charge is -2.50. The SMILES string of the molecule is CC1CCC(N(C2CCC(C)CC2)C2CCC(/C=C/C3CC(C)C(C4CCC(N(C5CCCCC5)C5CCCCC5)CC4)CC3C#N)CC2)CC1. The van der Waals surface area contributed by atoms with E-state index in [1.165, 1.54) is 180 Å². The van der Waals surface area contributed by atoms with Crippen LogP contribution < -0.4 is 0 Å². The van der Waals surface area contributed by atoms with Gasteiger partial charge >= 0.3 is 0 Å². The molecule has 0 heterocycles. The number of nitriles is 1. The van der Waals surface area contributed by atoms with Gasteiger partial charge in [-0.25, -0.2) is 0 Å². The topological polar surface area (TPSA) is 30.3 Å². The van der Waals surface area contributed by atoms with E-state index in [-0.39, 0.29) is 5.92 Å². The third-order valence-electron chi connectivity index (χ3n) is 17.0. The van der Waals surface area contributed by atoms with Crippen molar-refractivity contribution in [3.8, 4) is 6.07 Å². The monoisotopic (exact) mass is 700 g/mol. The highest BCUT2D eigenvalue weighted by Gasteiger charge is 2.42. The quantitative estimate of drug-likeness (QED) is 0.224. The van der Waals surface area contributed by atoms with E-state index in [1.807, 2.05) is 0 Å². The molecule has 7 rings (SSSR count). The van der Waals surface area contributed by atoms with E-state index < -0.39 is 0 Å². The number of hydrogen-bond acceptors (Lipinski definition) is 3. The third kappa shape index (κ3) is 9.70. The first-order valence-electron chi connectivity index (χ1n) is 23.6. The first-order valence-corrected chi connectivity index (χ1v) is 23.6. The molecule has 288 valence electrons. The summed E-state index contributed by atoms with van der Waals surface area (Å²) >= 11 is 0. The zero-order valence-corrected chi connectivity index (χ0v) is 33.9. The highest BCUT2D eigenvalue weighted by atomic mass is 15.2. The van der Waals surface area contributed by atoms with Crippen LogP contribution >= 0.6 is 0 Å². The van der Waals surface area contributed by atoms with Crippen LogP contribution in [-0.4, -0.2) is 46.1 Å². The number of nitrogens with zero attached hydrogens (tertiary/aromatic N) is 3. The maximum atomic E-state index is 10.5. The lowest BCUT2D eigenvalue weighted by Crippen LogP contribution is -2.52. The number of rotatable bonds is 9. The second-order valence-corrected chi connectivity index (χ2v) is 20.3. The van der Waals surface area contributed by atoms with Gasteiger partial charge in [0.2, 0.25) is 0 Å². The summed E-state index contributed by atoms with van der Waals surface area (Å²) in [5.41, 5.74) is 0. The van der Waals surface area contributed by atoms with Crippen LogP contribution in [0.25, 0.3) is 0 Å². The van der Waals surface area contributed by atoms with E-state index in [0.29, 0.717) is 5.92 Å². The molecular formula is C48H81N3. The van der Waals surface area contributed by atoms with Crippen LogP contribution in [0.1, 0.15) is 201 Å². The molecule has 7 saturated carbocycles. The van der Waals surface area contributed by atoms with Crippen LogP contribution in [0.3, 0.4) is 0 Å². The largest absolute Gasteiger partial charge is 0.294 e. The normalized spacial score (nSPS) is 42.7. The predicted octanol–water partition coefficient (Wildman–Crippen LogP) is 12.9. The van der Waals surface area contributed by atoms with Gasteiger partial charge in [-0.3, -0.25) is 9.80 Å². The molecule has 4 unspecified atom stereocenters. The summed E-state index contributed by atoms with van der Waals surface area (Å²) in [5.74, 6) is 5.71. The van der Waals surface area contributed by atoms with Crippen molar-refractivity contribution < 1.29 is 0 Å². The molecule has 7 fully saturated rings. The van der Waals surface area contributed by atoms with Crippen LogP contribution in [0.5, 0.6) is 0 Å². The van der Waals surface area contributed by atoms with Crippen molar-refractivity contribution in [1.29, 1.82) is 5.26 Å². The second kappa shape index (κ2) is 18.7. The van der Waals surface area contributed by atoms with Crippen LogP contribution in [0.15, 0.2) is 12.2 Å². The lowest BCUT2D eigenvalue weighted by molar-refractivity contribution is 0.00210. The van der Waals surface area contributed by atoms with Gasteiger partial charge in [0.1, 0.15) is 0 Å². The molecule has 7 aliphatic carbocycles. The summed E-state index contributed by atoms with van der Waals surface area (Å²) < 4.78 is 0. The Morgan fingerprint density at radius 2 is 0.863 bits per heavy atom. The van der Waals surface area contributed by atoms with Crippen LogP contribution in [0.4, 0.5) is 0 Å². The Kier molecular flexibility index (Phi) is 14.1. The molecule has 0 saturated heterocycles. The predicted molar refractivity (Wildman–Crippen MR) is 215 cm³/mol. The molecule has 0 aromatic rings. The molecule has 3 nitrogen and oxygen atoms in total. The summed E-state index contributed by atoms with van der Waals surface area (Å²) in [6.45, 7) is 7.54. The Balaban J connectivity index is 0.905. The Hall–Kier alpha value is -0.850. The summed E-state index contributed by atoms with van der Waals surface area (Å²) in [6.07, 6.45) is 45.1. The third-order valence-corrected chi connectivity index (χ3v) is 17.0. The van der Waals surface area contributed by atoms with Crippen molar-refractivity contribution in [2.24, 2.45) is 47.3 Å². The van der Waals surface area contributed by atoms with E-state index >= 15 is 0 Å². The van der Waals surface area contributed by atoms with E-state index in [1.54, 1.807) is 0 Å². The summed E-state index contributed by atoms with van der Waals surface area (Å²) in [7, 11) is 0. The average molecular weight is 700 g/mol. The van der Waals surface area contributed by atoms with Gasteiger partial charge in [-0.1, -0.05) is 71.4 Å². The fourth-order valence-electron chi connectivity index (χ4n) is 13.8. The van der Waals surface area contributed by atoms with Crippen molar-refractivity contribution in [3.63, 3.8) is 0 Å². The van der Waals surface area contributed by atoms with E-state index in [9.17, 15) is 5.26 Å².